The van der Waals surface area contributed by atoms with E-state index in [1.54, 1.807) is 0 Å². The molecule has 0 aromatic heterocycles. The predicted molar refractivity (Wildman–Crippen MR) is 112 cm³/mol. The van der Waals surface area contributed by atoms with Crippen molar-refractivity contribution in [2.75, 3.05) is 26.2 Å². The van der Waals surface area contributed by atoms with Gasteiger partial charge in [-0.1, -0.05) is 51.1 Å². The number of amides is 1. The Balaban J connectivity index is 1.56. The van der Waals surface area contributed by atoms with Crippen LogP contribution in [-0.2, 0) is 12.0 Å². The first-order chi connectivity index (χ1) is 12.7. The summed E-state index contributed by atoms with van der Waals surface area (Å²) in [6.07, 6.45) is 0. The third-order valence-corrected chi connectivity index (χ3v) is 5.63. The third kappa shape index (κ3) is 4.78. The molecular formula is C24H32N2O. The molecular weight excluding hydrogens is 332 g/mol. The monoisotopic (exact) mass is 364 g/mol. The van der Waals surface area contributed by atoms with Gasteiger partial charge < -0.3 is 4.90 Å². The molecule has 1 amide bonds. The molecule has 0 N–H and O–H groups in total. The Morgan fingerprint density at radius 3 is 2.07 bits per heavy atom. The lowest BCUT2D eigenvalue weighted by atomic mass is 9.86. The fourth-order valence-electron chi connectivity index (χ4n) is 3.56. The quantitative estimate of drug-likeness (QED) is 0.797. The van der Waals surface area contributed by atoms with Crippen molar-refractivity contribution in [1.82, 2.24) is 9.80 Å². The Morgan fingerprint density at radius 2 is 1.52 bits per heavy atom. The van der Waals surface area contributed by atoms with E-state index in [1.165, 1.54) is 22.3 Å². The Hall–Kier alpha value is -2.13. The summed E-state index contributed by atoms with van der Waals surface area (Å²) in [6.45, 7) is 15.3. The maximum atomic E-state index is 12.8. The minimum absolute atomic E-state index is 0.113. The van der Waals surface area contributed by atoms with Crippen LogP contribution in [0.5, 0.6) is 0 Å². The number of aryl methyl sites for hydroxylation is 2. The number of hydrogen-bond acceptors (Lipinski definition) is 2. The summed E-state index contributed by atoms with van der Waals surface area (Å²) in [4.78, 5) is 17.2. The van der Waals surface area contributed by atoms with Crippen LogP contribution in [0.15, 0.2) is 42.5 Å². The number of carbonyl (C=O) groups excluding carboxylic acids is 1. The molecule has 2 aromatic carbocycles. The smallest absolute Gasteiger partial charge is 0.253 e. The molecule has 1 heterocycles. The van der Waals surface area contributed by atoms with Crippen molar-refractivity contribution in [3.8, 4) is 0 Å². The summed E-state index contributed by atoms with van der Waals surface area (Å²) < 4.78 is 0. The number of rotatable bonds is 3. The first kappa shape index (κ1) is 19.6. The lowest BCUT2D eigenvalue weighted by molar-refractivity contribution is 0.0628. The Labute approximate surface area is 164 Å². The van der Waals surface area contributed by atoms with Crippen LogP contribution in [0.3, 0.4) is 0 Å². The van der Waals surface area contributed by atoms with Gasteiger partial charge >= 0.3 is 0 Å². The maximum Gasteiger partial charge on any atom is 0.253 e. The van der Waals surface area contributed by atoms with Gasteiger partial charge in [0.15, 0.2) is 0 Å². The van der Waals surface area contributed by atoms with Gasteiger partial charge in [-0.2, -0.15) is 0 Å². The van der Waals surface area contributed by atoms with Crippen LogP contribution in [0.1, 0.15) is 53.4 Å². The average Bonchev–Trinajstić information content (AvgIpc) is 2.64. The van der Waals surface area contributed by atoms with Crippen molar-refractivity contribution in [2.24, 2.45) is 0 Å². The van der Waals surface area contributed by atoms with Gasteiger partial charge in [0.1, 0.15) is 0 Å². The maximum absolute atomic E-state index is 12.8. The fraction of sp³-hybridized carbons (Fsp3) is 0.458. The fourth-order valence-corrected chi connectivity index (χ4v) is 3.56. The number of hydrogen-bond donors (Lipinski definition) is 0. The number of nitrogens with zero attached hydrogens (tertiary/aromatic N) is 2. The van der Waals surface area contributed by atoms with Crippen molar-refractivity contribution in [3.05, 3.63) is 70.3 Å². The lowest BCUT2D eigenvalue weighted by Crippen LogP contribution is -2.48. The third-order valence-electron chi connectivity index (χ3n) is 5.63. The molecule has 3 rings (SSSR count). The standard InChI is InChI=1S/C24H32N2O/c1-18-6-7-20(16-19(18)2)17-25-12-14-26(15-13-25)23(27)21-8-10-22(11-9-21)24(3,4)5/h6-11,16H,12-15,17H2,1-5H3. The predicted octanol–water partition coefficient (Wildman–Crippen LogP) is 4.56. The second-order valence-electron chi connectivity index (χ2n) is 8.81. The largest absolute Gasteiger partial charge is 0.336 e. The lowest BCUT2D eigenvalue weighted by Gasteiger charge is -2.35. The molecule has 27 heavy (non-hydrogen) atoms. The van der Waals surface area contributed by atoms with Gasteiger partial charge in [0.05, 0.1) is 0 Å². The molecule has 1 aliphatic rings. The van der Waals surface area contributed by atoms with Crippen LogP contribution in [0.25, 0.3) is 0 Å². The highest BCUT2D eigenvalue weighted by Gasteiger charge is 2.23. The van der Waals surface area contributed by atoms with Crippen LogP contribution in [-0.4, -0.2) is 41.9 Å². The zero-order valence-corrected chi connectivity index (χ0v) is 17.4. The normalized spacial score (nSPS) is 15.8. The van der Waals surface area contributed by atoms with Crippen LogP contribution in [0.2, 0.25) is 0 Å². The first-order valence-electron chi connectivity index (χ1n) is 9.92. The molecule has 3 heteroatoms. The molecule has 144 valence electrons. The summed E-state index contributed by atoms with van der Waals surface area (Å²) in [6, 6.07) is 14.8. The zero-order valence-electron chi connectivity index (χ0n) is 17.4. The second-order valence-corrected chi connectivity index (χ2v) is 8.81. The number of carbonyl (C=O) groups is 1. The van der Waals surface area contributed by atoms with Gasteiger partial charge in [0.2, 0.25) is 0 Å². The summed E-state index contributed by atoms with van der Waals surface area (Å²) in [7, 11) is 0. The van der Waals surface area contributed by atoms with E-state index in [2.05, 4.69) is 69.9 Å². The Bertz CT molecular complexity index is 794. The SMILES string of the molecule is Cc1ccc(CN2CCN(C(=O)c3ccc(C(C)(C)C)cc3)CC2)cc1C. The minimum atomic E-state index is 0.113. The molecule has 0 unspecified atom stereocenters. The summed E-state index contributed by atoms with van der Waals surface area (Å²) in [5, 5.41) is 0. The second kappa shape index (κ2) is 7.85. The van der Waals surface area contributed by atoms with E-state index in [1.807, 2.05) is 17.0 Å². The van der Waals surface area contributed by atoms with Crippen molar-refractivity contribution in [3.63, 3.8) is 0 Å². The first-order valence-corrected chi connectivity index (χ1v) is 9.92. The molecule has 0 radical (unpaired) electrons. The van der Waals surface area contributed by atoms with Crippen molar-refractivity contribution in [1.29, 1.82) is 0 Å². The molecule has 1 fully saturated rings. The minimum Gasteiger partial charge on any atom is -0.336 e. The van der Waals surface area contributed by atoms with Gasteiger partial charge in [0.25, 0.3) is 5.91 Å². The molecule has 2 aromatic rings. The average molecular weight is 365 g/mol. The van der Waals surface area contributed by atoms with Gasteiger partial charge in [-0.15, -0.1) is 0 Å². The highest BCUT2D eigenvalue weighted by molar-refractivity contribution is 5.94. The van der Waals surface area contributed by atoms with Crippen LogP contribution < -0.4 is 0 Å². The summed E-state index contributed by atoms with van der Waals surface area (Å²) >= 11 is 0. The molecule has 1 saturated heterocycles. The van der Waals surface area contributed by atoms with E-state index in [4.69, 9.17) is 0 Å². The molecule has 3 nitrogen and oxygen atoms in total. The van der Waals surface area contributed by atoms with E-state index in [0.29, 0.717) is 0 Å². The van der Waals surface area contributed by atoms with Crippen molar-refractivity contribution in [2.45, 2.75) is 46.6 Å². The topological polar surface area (TPSA) is 23.6 Å². The summed E-state index contributed by atoms with van der Waals surface area (Å²) in [5.41, 5.74) is 6.21. The molecule has 0 saturated carbocycles. The van der Waals surface area contributed by atoms with E-state index in [0.717, 1.165) is 38.3 Å². The highest BCUT2D eigenvalue weighted by atomic mass is 16.2. The highest BCUT2D eigenvalue weighted by Crippen LogP contribution is 2.23. The molecule has 0 atom stereocenters. The molecule has 0 aliphatic carbocycles. The zero-order chi connectivity index (χ0) is 19.6. The van der Waals surface area contributed by atoms with E-state index in [-0.39, 0.29) is 11.3 Å². The van der Waals surface area contributed by atoms with E-state index < -0.39 is 0 Å². The van der Waals surface area contributed by atoms with Crippen LogP contribution in [0.4, 0.5) is 0 Å². The molecule has 0 spiro atoms. The van der Waals surface area contributed by atoms with Gasteiger partial charge in [0, 0.05) is 38.3 Å². The summed E-state index contributed by atoms with van der Waals surface area (Å²) in [5.74, 6) is 0.154. The Morgan fingerprint density at radius 1 is 0.889 bits per heavy atom. The van der Waals surface area contributed by atoms with E-state index in [9.17, 15) is 4.79 Å². The Kier molecular flexibility index (Phi) is 5.71. The molecule has 0 bridgehead atoms. The van der Waals surface area contributed by atoms with Crippen molar-refractivity contribution >= 4 is 5.91 Å². The number of benzene rings is 2. The van der Waals surface area contributed by atoms with Gasteiger partial charge in [-0.3, -0.25) is 9.69 Å². The van der Waals surface area contributed by atoms with Crippen molar-refractivity contribution < 1.29 is 4.79 Å². The van der Waals surface area contributed by atoms with Gasteiger partial charge in [-0.05, 0) is 53.6 Å². The van der Waals surface area contributed by atoms with Crippen LogP contribution >= 0.6 is 0 Å². The van der Waals surface area contributed by atoms with Gasteiger partial charge in [-0.25, -0.2) is 0 Å². The number of piperazine rings is 1. The molecule has 1 aliphatic heterocycles. The van der Waals surface area contributed by atoms with Crippen LogP contribution in [0, 0.1) is 13.8 Å². The van der Waals surface area contributed by atoms with E-state index >= 15 is 0 Å².